The molecule has 21 heavy (non-hydrogen) atoms. The van der Waals surface area contributed by atoms with Crippen LogP contribution >= 0.6 is 0 Å². The Balaban J connectivity index is 1.99. The molecule has 0 amide bonds. The van der Waals surface area contributed by atoms with Gasteiger partial charge in [0.05, 0.1) is 5.52 Å². The lowest BCUT2D eigenvalue weighted by Crippen LogP contribution is -2.45. The zero-order valence-electron chi connectivity index (χ0n) is 12.2. The first-order valence-corrected chi connectivity index (χ1v) is 7.50. The zero-order valence-corrected chi connectivity index (χ0v) is 12.2. The van der Waals surface area contributed by atoms with E-state index in [9.17, 15) is 9.90 Å². The second kappa shape index (κ2) is 5.82. The maximum atomic E-state index is 11.5. The number of carboxylic acids is 1. The monoisotopic (exact) mass is 284 g/mol. The van der Waals surface area contributed by atoms with Gasteiger partial charge in [0.1, 0.15) is 6.04 Å². The molecule has 0 radical (unpaired) electrons. The number of aromatic nitrogens is 1. The van der Waals surface area contributed by atoms with Crippen LogP contribution in [0.1, 0.15) is 37.8 Å². The number of rotatable bonds is 3. The van der Waals surface area contributed by atoms with E-state index in [-0.39, 0.29) is 12.1 Å². The molecule has 0 aliphatic carbocycles. The van der Waals surface area contributed by atoms with Crippen molar-refractivity contribution in [3.63, 3.8) is 0 Å². The molecule has 0 bridgehead atoms. The highest BCUT2D eigenvalue weighted by Gasteiger charge is 2.32. The molecule has 4 heteroatoms. The SMILES string of the molecule is CC(c1ccnc2ccccc12)N1CCCCC1C(=O)O. The first-order chi connectivity index (χ1) is 10.2. The summed E-state index contributed by atoms with van der Waals surface area (Å²) < 4.78 is 0. The van der Waals surface area contributed by atoms with E-state index in [1.165, 1.54) is 0 Å². The molecule has 1 aromatic carbocycles. The molecule has 110 valence electrons. The van der Waals surface area contributed by atoms with Crippen LogP contribution in [0.4, 0.5) is 0 Å². The maximum Gasteiger partial charge on any atom is 0.320 e. The molecule has 1 fully saturated rings. The molecule has 0 saturated carbocycles. The average Bonchev–Trinajstić information content (AvgIpc) is 2.53. The second-order valence-electron chi connectivity index (χ2n) is 5.68. The molecule has 4 nitrogen and oxygen atoms in total. The van der Waals surface area contributed by atoms with Gasteiger partial charge in [-0.1, -0.05) is 24.6 Å². The second-order valence-corrected chi connectivity index (χ2v) is 5.68. The molecule has 2 unspecified atom stereocenters. The highest BCUT2D eigenvalue weighted by molar-refractivity contribution is 5.82. The smallest absolute Gasteiger partial charge is 0.320 e. The number of piperidine rings is 1. The van der Waals surface area contributed by atoms with E-state index >= 15 is 0 Å². The van der Waals surface area contributed by atoms with Crippen LogP contribution in [0.2, 0.25) is 0 Å². The van der Waals surface area contributed by atoms with Crippen molar-refractivity contribution in [2.75, 3.05) is 6.54 Å². The van der Waals surface area contributed by atoms with Crippen LogP contribution in [-0.4, -0.2) is 33.5 Å². The van der Waals surface area contributed by atoms with Crippen molar-refractivity contribution in [1.82, 2.24) is 9.88 Å². The van der Waals surface area contributed by atoms with Gasteiger partial charge in [0.25, 0.3) is 0 Å². The van der Waals surface area contributed by atoms with Gasteiger partial charge in [-0.25, -0.2) is 0 Å². The van der Waals surface area contributed by atoms with E-state index < -0.39 is 5.97 Å². The molecule has 2 aromatic rings. The van der Waals surface area contributed by atoms with Crippen LogP contribution in [0, 0.1) is 0 Å². The number of fused-ring (bicyclic) bond motifs is 1. The molecule has 2 atom stereocenters. The van der Waals surface area contributed by atoms with Gasteiger partial charge in [-0.15, -0.1) is 0 Å². The summed E-state index contributed by atoms with van der Waals surface area (Å²) in [5, 5.41) is 10.6. The van der Waals surface area contributed by atoms with Crippen LogP contribution in [0.15, 0.2) is 36.5 Å². The molecule has 0 spiro atoms. The number of para-hydroxylation sites is 1. The Labute approximate surface area is 124 Å². The fraction of sp³-hybridized carbons (Fsp3) is 0.412. The number of hydrogen-bond donors (Lipinski definition) is 1. The first kappa shape index (κ1) is 14.0. The van der Waals surface area contributed by atoms with Crippen molar-refractivity contribution >= 4 is 16.9 Å². The van der Waals surface area contributed by atoms with Gasteiger partial charge in [0.2, 0.25) is 0 Å². The lowest BCUT2D eigenvalue weighted by atomic mass is 9.95. The lowest BCUT2D eigenvalue weighted by molar-refractivity contribution is -0.145. The van der Waals surface area contributed by atoms with E-state index in [1.54, 1.807) is 0 Å². The third-order valence-corrected chi connectivity index (χ3v) is 4.46. The van der Waals surface area contributed by atoms with Crippen molar-refractivity contribution in [3.05, 3.63) is 42.1 Å². The van der Waals surface area contributed by atoms with Crippen LogP contribution in [-0.2, 0) is 4.79 Å². The Hall–Kier alpha value is -1.94. The predicted octanol–water partition coefficient (Wildman–Crippen LogP) is 3.23. The van der Waals surface area contributed by atoms with Crippen molar-refractivity contribution in [2.24, 2.45) is 0 Å². The quantitative estimate of drug-likeness (QED) is 0.940. The Kier molecular flexibility index (Phi) is 3.88. The number of hydrogen-bond acceptors (Lipinski definition) is 3. The standard InChI is InChI=1S/C17H20N2O2/c1-12(19-11-5-4-8-16(19)17(20)21)13-9-10-18-15-7-3-2-6-14(13)15/h2-3,6-7,9-10,12,16H,4-5,8,11H2,1H3,(H,20,21). The number of benzene rings is 1. The van der Waals surface area contributed by atoms with E-state index in [1.807, 2.05) is 30.5 Å². The third kappa shape index (κ3) is 2.63. The van der Waals surface area contributed by atoms with Gasteiger partial charge in [-0.05, 0) is 44.0 Å². The summed E-state index contributed by atoms with van der Waals surface area (Å²) in [5.41, 5.74) is 2.12. The third-order valence-electron chi connectivity index (χ3n) is 4.46. The molecule has 1 aliphatic rings. The van der Waals surface area contributed by atoms with Crippen LogP contribution in [0.3, 0.4) is 0 Å². The van der Waals surface area contributed by atoms with Crippen molar-refractivity contribution in [1.29, 1.82) is 0 Å². The lowest BCUT2D eigenvalue weighted by Gasteiger charge is -2.38. The number of aliphatic carboxylic acids is 1. The van der Waals surface area contributed by atoms with Crippen LogP contribution in [0.25, 0.3) is 10.9 Å². The Bertz CT molecular complexity index is 651. The Morgan fingerprint density at radius 2 is 2.14 bits per heavy atom. The summed E-state index contributed by atoms with van der Waals surface area (Å²) in [4.78, 5) is 18.0. The number of carboxylic acid groups (broad SMARTS) is 1. The number of pyridine rings is 1. The fourth-order valence-electron chi connectivity index (χ4n) is 3.34. The number of carbonyl (C=O) groups is 1. The highest BCUT2D eigenvalue weighted by Crippen LogP contribution is 2.31. The van der Waals surface area contributed by atoms with Crippen molar-refractivity contribution in [2.45, 2.75) is 38.3 Å². The van der Waals surface area contributed by atoms with E-state index in [2.05, 4.69) is 22.9 Å². The molecule has 1 aromatic heterocycles. The minimum atomic E-state index is -0.708. The number of likely N-dealkylation sites (tertiary alicyclic amines) is 1. The van der Waals surface area contributed by atoms with Gasteiger partial charge in [-0.2, -0.15) is 0 Å². The summed E-state index contributed by atoms with van der Waals surface area (Å²) in [6.07, 6.45) is 4.62. The van der Waals surface area contributed by atoms with E-state index in [0.717, 1.165) is 42.3 Å². The van der Waals surface area contributed by atoms with Gasteiger partial charge < -0.3 is 5.11 Å². The summed E-state index contributed by atoms with van der Waals surface area (Å²) in [7, 11) is 0. The van der Waals surface area contributed by atoms with Gasteiger partial charge >= 0.3 is 5.97 Å². The van der Waals surface area contributed by atoms with Crippen LogP contribution in [0.5, 0.6) is 0 Å². The summed E-state index contributed by atoms with van der Waals surface area (Å²) in [6.45, 7) is 2.94. The Morgan fingerprint density at radius 3 is 2.95 bits per heavy atom. The minimum Gasteiger partial charge on any atom is -0.480 e. The maximum absolute atomic E-state index is 11.5. The van der Waals surface area contributed by atoms with E-state index in [0.29, 0.717) is 0 Å². The summed E-state index contributed by atoms with van der Waals surface area (Å²) >= 11 is 0. The largest absolute Gasteiger partial charge is 0.480 e. The van der Waals surface area contributed by atoms with Gasteiger partial charge in [-0.3, -0.25) is 14.7 Å². The molecule has 1 N–H and O–H groups in total. The van der Waals surface area contributed by atoms with Crippen molar-refractivity contribution < 1.29 is 9.90 Å². The normalized spacial score (nSPS) is 21.3. The molecule has 3 rings (SSSR count). The van der Waals surface area contributed by atoms with Gasteiger partial charge in [0, 0.05) is 17.6 Å². The van der Waals surface area contributed by atoms with Gasteiger partial charge in [0.15, 0.2) is 0 Å². The molecular formula is C17H20N2O2. The summed E-state index contributed by atoms with van der Waals surface area (Å²) in [6, 6.07) is 9.76. The van der Waals surface area contributed by atoms with E-state index in [4.69, 9.17) is 0 Å². The number of nitrogens with zero attached hydrogens (tertiary/aromatic N) is 2. The zero-order chi connectivity index (χ0) is 14.8. The summed E-state index contributed by atoms with van der Waals surface area (Å²) in [5.74, 6) is -0.708. The molecule has 1 aliphatic heterocycles. The molecular weight excluding hydrogens is 264 g/mol. The topological polar surface area (TPSA) is 53.4 Å². The highest BCUT2D eigenvalue weighted by atomic mass is 16.4. The average molecular weight is 284 g/mol. The first-order valence-electron chi connectivity index (χ1n) is 7.50. The predicted molar refractivity (Wildman–Crippen MR) is 82.1 cm³/mol. The Morgan fingerprint density at radius 1 is 1.33 bits per heavy atom. The molecule has 1 saturated heterocycles. The van der Waals surface area contributed by atoms with Crippen molar-refractivity contribution in [3.8, 4) is 0 Å². The fourth-order valence-corrected chi connectivity index (χ4v) is 3.34. The van der Waals surface area contributed by atoms with Crippen LogP contribution < -0.4 is 0 Å². The minimum absolute atomic E-state index is 0.0827. The molecule has 2 heterocycles.